The van der Waals surface area contributed by atoms with Crippen LogP contribution in [0.15, 0.2) is 60.7 Å². The van der Waals surface area contributed by atoms with Gasteiger partial charge in [0.2, 0.25) is 11.8 Å². The third-order valence-corrected chi connectivity index (χ3v) is 9.21. The Kier molecular flexibility index (Phi) is 4.74. The van der Waals surface area contributed by atoms with Crippen LogP contribution >= 0.6 is 0 Å². The molecule has 6 rings (SSSR count). The molecule has 1 aliphatic heterocycles. The van der Waals surface area contributed by atoms with Crippen LogP contribution in [-0.4, -0.2) is 28.5 Å². The lowest BCUT2D eigenvalue weighted by molar-refractivity contribution is -0.148. The maximum absolute atomic E-state index is 14.4. The monoisotopic (exact) mass is 453 g/mol. The number of hydrogen-bond acceptors (Lipinski definition) is 3. The molecule has 2 saturated carbocycles. The van der Waals surface area contributed by atoms with Gasteiger partial charge in [-0.3, -0.25) is 19.3 Å². The molecule has 1 heterocycles. The van der Waals surface area contributed by atoms with Crippen molar-refractivity contribution in [3.8, 4) is 0 Å². The van der Waals surface area contributed by atoms with Crippen molar-refractivity contribution in [3.05, 3.63) is 71.8 Å². The largest absolute Gasteiger partial charge is 0.298 e. The lowest BCUT2D eigenvalue weighted by Gasteiger charge is -2.37. The Bertz CT molecular complexity index is 1210. The Morgan fingerprint density at radius 3 is 1.85 bits per heavy atom. The molecular weight excluding hydrogens is 422 g/mol. The average molecular weight is 454 g/mol. The number of fused-ring (bicyclic) bond motifs is 5. The molecule has 0 N–H and O–H groups in total. The molecule has 4 nitrogen and oxygen atoms in total. The Hall–Kier alpha value is -3.01. The smallest absolute Gasteiger partial charge is 0.234 e. The first-order chi connectivity index (χ1) is 16.5. The van der Waals surface area contributed by atoms with Crippen LogP contribution in [-0.2, 0) is 14.4 Å². The first-order valence-corrected chi connectivity index (χ1v) is 12.8. The topological polar surface area (TPSA) is 54.5 Å². The van der Waals surface area contributed by atoms with Crippen LogP contribution < -0.4 is 0 Å². The van der Waals surface area contributed by atoms with E-state index in [2.05, 4.69) is 0 Å². The summed E-state index contributed by atoms with van der Waals surface area (Å²) in [5.74, 6) is -1.39. The minimum absolute atomic E-state index is 0.0216. The Labute approximate surface area is 201 Å². The van der Waals surface area contributed by atoms with Gasteiger partial charge in [0, 0.05) is 6.04 Å². The number of Topliss-reactive ketones (excluding diaryl/α,β-unsaturated/α-hetero) is 1. The molecular formula is C30H31NO3. The molecule has 4 unspecified atom stereocenters. The minimum atomic E-state index is -1.01. The standard InChI is InChI=1S/C30H31NO3/c1-3-30-23(20-15-9-5-10-16-20)22(19-13-7-4-8-14-19)29(2,28(30)34)24-25(30)27(33)31(26(24)32)21-17-11-6-12-18-21/h4-5,7-10,13-16,21,24-25H,3,6,11-12,17-18H2,1-2H3. The van der Waals surface area contributed by atoms with Crippen molar-refractivity contribution in [2.45, 2.75) is 58.4 Å². The molecule has 2 amide bonds. The number of likely N-dealkylation sites (tertiary alicyclic amines) is 1. The maximum Gasteiger partial charge on any atom is 0.234 e. The van der Waals surface area contributed by atoms with Gasteiger partial charge in [-0.25, -0.2) is 0 Å². The van der Waals surface area contributed by atoms with E-state index in [1.54, 1.807) is 4.90 Å². The fourth-order valence-corrected chi connectivity index (χ4v) is 7.85. The Balaban J connectivity index is 1.61. The molecule has 174 valence electrons. The lowest BCUT2D eigenvalue weighted by atomic mass is 9.61. The second-order valence-corrected chi connectivity index (χ2v) is 10.6. The summed E-state index contributed by atoms with van der Waals surface area (Å²) in [6.45, 7) is 3.96. The summed E-state index contributed by atoms with van der Waals surface area (Å²) in [5.41, 5.74) is 1.88. The van der Waals surface area contributed by atoms with Gasteiger partial charge in [0.05, 0.1) is 22.7 Å². The first-order valence-electron chi connectivity index (χ1n) is 12.8. The van der Waals surface area contributed by atoms with Crippen molar-refractivity contribution in [1.82, 2.24) is 4.90 Å². The number of nitrogens with zero attached hydrogens (tertiary/aromatic N) is 1. The van der Waals surface area contributed by atoms with Gasteiger partial charge in [0.1, 0.15) is 0 Å². The number of rotatable bonds is 4. The molecule has 3 fully saturated rings. The van der Waals surface area contributed by atoms with Gasteiger partial charge in [-0.05, 0) is 48.5 Å². The van der Waals surface area contributed by atoms with Crippen LogP contribution in [0.5, 0.6) is 0 Å². The molecule has 0 spiro atoms. The van der Waals surface area contributed by atoms with Gasteiger partial charge in [0.15, 0.2) is 5.78 Å². The van der Waals surface area contributed by atoms with Crippen molar-refractivity contribution in [2.24, 2.45) is 22.7 Å². The molecule has 4 atom stereocenters. The van der Waals surface area contributed by atoms with Crippen molar-refractivity contribution < 1.29 is 14.4 Å². The quantitative estimate of drug-likeness (QED) is 0.572. The molecule has 4 aliphatic rings. The first kappa shape index (κ1) is 21.5. The van der Waals surface area contributed by atoms with Gasteiger partial charge in [-0.1, -0.05) is 86.8 Å². The van der Waals surface area contributed by atoms with Gasteiger partial charge < -0.3 is 0 Å². The summed E-state index contributed by atoms with van der Waals surface area (Å²) in [4.78, 5) is 44.2. The normalized spacial score (nSPS) is 33.2. The van der Waals surface area contributed by atoms with Crippen LogP contribution in [0, 0.1) is 22.7 Å². The van der Waals surface area contributed by atoms with E-state index in [1.165, 1.54) is 0 Å². The molecule has 0 aromatic heterocycles. The van der Waals surface area contributed by atoms with E-state index < -0.39 is 22.7 Å². The average Bonchev–Trinajstić information content (AvgIpc) is 3.35. The van der Waals surface area contributed by atoms with Gasteiger partial charge in [-0.2, -0.15) is 0 Å². The van der Waals surface area contributed by atoms with Crippen LogP contribution in [0.1, 0.15) is 63.5 Å². The molecule has 2 aromatic carbocycles. The predicted molar refractivity (Wildman–Crippen MR) is 131 cm³/mol. The van der Waals surface area contributed by atoms with Crippen LogP contribution in [0.3, 0.4) is 0 Å². The highest BCUT2D eigenvalue weighted by Crippen LogP contribution is 2.74. The number of carbonyl (C=O) groups is 3. The number of imide groups is 1. The number of benzene rings is 2. The predicted octanol–water partition coefficient (Wildman–Crippen LogP) is 5.53. The van der Waals surface area contributed by atoms with Gasteiger partial charge in [0.25, 0.3) is 0 Å². The van der Waals surface area contributed by atoms with E-state index in [9.17, 15) is 14.4 Å². The van der Waals surface area contributed by atoms with E-state index >= 15 is 0 Å². The van der Waals surface area contributed by atoms with E-state index in [0.717, 1.165) is 54.4 Å². The van der Waals surface area contributed by atoms with Crippen molar-refractivity contribution >= 4 is 28.7 Å². The maximum atomic E-state index is 14.4. The number of carbonyl (C=O) groups excluding carboxylic acids is 3. The second kappa shape index (κ2) is 7.49. The van der Waals surface area contributed by atoms with E-state index in [4.69, 9.17) is 0 Å². The molecule has 0 radical (unpaired) electrons. The minimum Gasteiger partial charge on any atom is -0.298 e. The summed E-state index contributed by atoms with van der Waals surface area (Å²) >= 11 is 0. The van der Waals surface area contributed by atoms with E-state index in [1.807, 2.05) is 74.5 Å². The zero-order valence-electron chi connectivity index (χ0n) is 19.9. The highest BCUT2D eigenvalue weighted by molar-refractivity contribution is 6.29. The Morgan fingerprint density at radius 1 is 0.765 bits per heavy atom. The summed E-state index contributed by atoms with van der Waals surface area (Å²) in [5, 5.41) is 0. The number of amides is 2. The van der Waals surface area contributed by atoms with Crippen molar-refractivity contribution in [2.75, 3.05) is 0 Å². The van der Waals surface area contributed by atoms with Gasteiger partial charge in [-0.15, -0.1) is 0 Å². The van der Waals surface area contributed by atoms with Gasteiger partial charge >= 0.3 is 0 Å². The summed E-state index contributed by atoms with van der Waals surface area (Å²) < 4.78 is 0. The second-order valence-electron chi connectivity index (χ2n) is 10.6. The van der Waals surface area contributed by atoms with Crippen molar-refractivity contribution in [1.29, 1.82) is 0 Å². The highest BCUT2D eigenvalue weighted by Gasteiger charge is 2.79. The molecule has 3 aliphatic carbocycles. The van der Waals surface area contributed by atoms with Crippen LogP contribution in [0.2, 0.25) is 0 Å². The SMILES string of the molecule is CCC12C(=O)C(C)(C(c3ccccc3)=C1c1ccccc1)C1C(=O)N(C3CCCCC3)C(=O)C12. The molecule has 2 aromatic rings. The summed E-state index contributed by atoms with van der Waals surface area (Å²) in [6, 6.07) is 20.0. The molecule has 2 bridgehead atoms. The van der Waals surface area contributed by atoms with Crippen LogP contribution in [0.25, 0.3) is 11.1 Å². The molecule has 1 saturated heterocycles. The molecule has 4 heteroatoms. The zero-order chi connectivity index (χ0) is 23.7. The third-order valence-electron chi connectivity index (χ3n) is 9.21. The number of ketones is 1. The Morgan fingerprint density at radius 2 is 1.29 bits per heavy atom. The third kappa shape index (κ3) is 2.46. The summed E-state index contributed by atoms with van der Waals surface area (Å²) in [7, 11) is 0. The molecule has 34 heavy (non-hydrogen) atoms. The van der Waals surface area contributed by atoms with Crippen molar-refractivity contribution in [3.63, 3.8) is 0 Å². The number of hydrogen-bond donors (Lipinski definition) is 0. The fourth-order valence-electron chi connectivity index (χ4n) is 7.85. The van der Waals surface area contributed by atoms with E-state index in [-0.39, 0.29) is 23.6 Å². The zero-order valence-corrected chi connectivity index (χ0v) is 19.9. The lowest BCUT2D eigenvalue weighted by Crippen LogP contribution is -2.46. The summed E-state index contributed by atoms with van der Waals surface area (Å²) in [6.07, 6.45) is 5.54. The fraction of sp³-hybridized carbons (Fsp3) is 0.433. The number of allylic oxidation sites excluding steroid dienone is 2. The highest BCUT2D eigenvalue weighted by atomic mass is 16.2. The van der Waals surface area contributed by atoms with Crippen LogP contribution in [0.4, 0.5) is 0 Å². The van der Waals surface area contributed by atoms with E-state index in [0.29, 0.717) is 6.42 Å².